The molecule has 2 rings (SSSR count). The van der Waals surface area contributed by atoms with Crippen LogP contribution in [0.15, 0.2) is 42.5 Å². The Balaban J connectivity index is 2.29. The monoisotopic (exact) mass is 343 g/mol. The van der Waals surface area contributed by atoms with Gasteiger partial charge in [-0.3, -0.25) is 4.79 Å². The van der Waals surface area contributed by atoms with Gasteiger partial charge in [0.2, 0.25) is 5.91 Å². The summed E-state index contributed by atoms with van der Waals surface area (Å²) in [6.07, 6.45) is 0. The van der Waals surface area contributed by atoms with Crippen LogP contribution >= 0.6 is 0 Å². The van der Waals surface area contributed by atoms with Crippen molar-refractivity contribution in [2.24, 2.45) is 5.92 Å². The summed E-state index contributed by atoms with van der Waals surface area (Å²) >= 11 is 0. The number of carbonyl (C=O) groups excluding carboxylic acids is 1. The average Bonchev–Trinajstić information content (AvgIpc) is 2.61. The fraction of sp³-hybridized carbons (Fsp3) is 0.350. The Morgan fingerprint density at radius 2 is 1.64 bits per heavy atom. The fourth-order valence-electron chi connectivity index (χ4n) is 2.81. The molecule has 25 heavy (non-hydrogen) atoms. The summed E-state index contributed by atoms with van der Waals surface area (Å²) in [6, 6.07) is 12.9. The van der Waals surface area contributed by atoms with Gasteiger partial charge in [-0.2, -0.15) is 0 Å². The minimum absolute atomic E-state index is 0.0736. The smallest absolute Gasteiger partial charge is 0.232 e. The number of methoxy groups -OCH3 is 3. The summed E-state index contributed by atoms with van der Waals surface area (Å²) in [5.41, 5.74) is 1.59. The first-order valence-corrected chi connectivity index (χ1v) is 8.17. The predicted molar refractivity (Wildman–Crippen MR) is 98.7 cm³/mol. The Morgan fingerprint density at radius 1 is 0.920 bits per heavy atom. The molecular weight excluding hydrogens is 318 g/mol. The van der Waals surface area contributed by atoms with Crippen molar-refractivity contribution in [3.8, 4) is 17.2 Å². The maximum atomic E-state index is 12.9. The number of carbonyl (C=O) groups is 1. The van der Waals surface area contributed by atoms with E-state index in [4.69, 9.17) is 14.2 Å². The normalized spacial score (nSPS) is 11.8. The molecule has 2 aromatic rings. The van der Waals surface area contributed by atoms with Gasteiger partial charge in [0.25, 0.3) is 0 Å². The SMILES string of the molecule is COc1cccc(NC(=O)C(c2ccc(OC)c(OC)c2)C(C)C)c1. The van der Waals surface area contributed by atoms with E-state index in [0.29, 0.717) is 22.9 Å². The second kappa shape index (κ2) is 8.42. The fourth-order valence-corrected chi connectivity index (χ4v) is 2.81. The summed E-state index contributed by atoms with van der Waals surface area (Å²) in [6.45, 7) is 4.04. The number of hydrogen-bond acceptors (Lipinski definition) is 4. The summed E-state index contributed by atoms with van der Waals surface area (Å²) in [5.74, 6) is 1.68. The van der Waals surface area contributed by atoms with Gasteiger partial charge in [0.15, 0.2) is 11.5 Å². The minimum Gasteiger partial charge on any atom is -0.497 e. The van der Waals surface area contributed by atoms with Crippen molar-refractivity contribution < 1.29 is 19.0 Å². The molecule has 0 saturated carbocycles. The van der Waals surface area contributed by atoms with E-state index in [1.165, 1.54) is 0 Å². The molecule has 1 unspecified atom stereocenters. The second-order valence-corrected chi connectivity index (χ2v) is 6.06. The minimum atomic E-state index is -0.314. The van der Waals surface area contributed by atoms with E-state index in [2.05, 4.69) is 5.32 Å². The first-order chi connectivity index (χ1) is 12.0. The molecule has 0 bridgehead atoms. The topological polar surface area (TPSA) is 56.8 Å². The molecule has 0 fully saturated rings. The van der Waals surface area contributed by atoms with E-state index < -0.39 is 0 Å². The van der Waals surface area contributed by atoms with E-state index in [0.717, 1.165) is 5.56 Å². The third kappa shape index (κ3) is 4.44. The van der Waals surface area contributed by atoms with E-state index in [9.17, 15) is 4.79 Å². The molecular formula is C20H25NO4. The molecule has 2 aromatic carbocycles. The van der Waals surface area contributed by atoms with Gasteiger partial charge in [-0.05, 0) is 35.7 Å². The first kappa shape index (κ1) is 18.6. The number of hydrogen-bond donors (Lipinski definition) is 1. The molecule has 134 valence electrons. The van der Waals surface area contributed by atoms with Crippen molar-refractivity contribution >= 4 is 11.6 Å². The summed E-state index contributed by atoms with van der Waals surface area (Å²) in [4.78, 5) is 12.9. The van der Waals surface area contributed by atoms with Gasteiger partial charge >= 0.3 is 0 Å². The molecule has 1 N–H and O–H groups in total. The van der Waals surface area contributed by atoms with Gasteiger partial charge in [-0.15, -0.1) is 0 Å². The van der Waals surface area contributed by atoms with Crippen molar-refractivity contribution in [1.29, 1.82) is 0 Å². The lowest BCUT2D eigenvalue weighted by molar-refractivity contribution is -0.118. The molecule has 0 aromatic heterocycles. The summed E-state index contributed by atoms with van der Waals surface area (Å²) in [7, 11) is 4.77. The Kier molecular flexibility index (Phi) is 6.28. The molecule has 0 radical (unpaired) electrons. The maximum absolute atomic E-state index is 12.9. The number of amides is 1. The molecule has 1 amide bonds. The lowest BCUT2D eigenvalue weighted by atomic mass is 9.87. The van der Waals surface area contributed by atoms with Crippen LogP contribution in [-0.2, 0) is 4.79 Å². The standard InChI is InChI=1S/C20H25NO4/c1-13(2)19(14-9-10-17(24-4)18(11-14)25-5)20(22)21-15-7-6-8-16(12-15)23-3/h6-13,19H,1-5H3,(H,21,22). The third-order valence-corrected chi connectivity index (χ3v) is 4.05. The Labute approximate surface area is 148 Å². The Morgan fingerprint density at radius 3 is 2.24 bits per heavy atom. The van der Waals surface area contributed by atoms with Crippen molar-refractivity contribution in [3.63, 3.8) is 0 Å². The molecule has 0 aliphatic carbocycles. The third-order valence-electron chi connectivity index (χ3n) is 4.05. The van der Waals surface area contributed by atoms with E-state index in [1.807, 2.05) is 50.2 Å². The summed E-state index contributed by atoms with van der Waals surface area (Å²) in [5, 5.41) is 2.97. The molecule has 0 aliphatic rings. The number of nitrogens with one attached hydrogen (secondary N) is 1. The number of ether oxygens (including phenoxy) is 3. The van der Waals surface area contributed by atoms with E-state index in [-0.39, 0.29) is 17.7 Å². The lowest BCUT2D eigenvalue weighted by Crippen LogP contribution is -2.25. The Bertz CT molecular complexity index is 727. The molecule has 1 atom stereocenters. The zero-order chi connectivity index (χ0) is 18.4. The average molecular weight is 343 g/mol. The highest BCUT2D eigenvalue weighted by molar-refractivity contribution is 5.96. The maximum Gasteiger partial charge on any atom is 0.232 e. The highest BCUT2D eigenvalue weighted by atomic mass is 16.5. The van der Waals surface area contributed by atoms with Gasteiger partial charge in [-0.1, -0.05) is 26.0 Å². The van der Waals surface area contributed by atoms with Crippen molar-refractivity contribution in [3.05, 3.63) is 48.0 Å². The molecule has 0 aliphatic heterocycles. The molecule has 0 heterocycles. The Hall–Kier alpha value is -2.69. The summed E-state index contributed by atoms with van der Waals surface area (Å²) < 4.78 is 15.8. The van der Waals surface area contributed by atoms with Crippen LogP contribution in [-0.4, -0.2) is 27.2 Å². The van der Waals surface area contributed by atoms with Gasteiger partial charge in [-0.25, -0.2) is 0 Å². The van der Waals surface area contributed by atoms with Crippen LogP contribution in [0.1, 0.15) is 25.3 Å². The van der Waals surface area contributed by atoms with Crippen LogP contribution in [0.2, 0.25) is 0 Å². The van der Waals surface area contributed by atoms with Gasteiger partial charge in [0.05, 0.1) is 27.2 Å². The zero-order valence-electron chi connectivity index (χ0n) is 15.3. The quantitative estimate of drug-likeness (QED) is 0.823. The van der Waals surface area contributed by atoms with Gasteiger partial charge < -0.3 is 19.5 Å². The van der Waals surface area contributed by atoms with Crippen molar-refractivity contribution in [2.75, 3.05) is 26.6 Å². The molecule has 0 spiro atoms. The molecule has 5 heteroatoms. The molecule has 0 saturated heterocycles. The van der Waals surface area contributed by atoms with Crippen LogP contribution in [0.4, 0.5) is 5.69 Å². The second-order valence-electron chi connectivity index (χ2n) is 6.06. The largest absolute Gasteiger partial charge is 0.497 e. The van der Waals surface area contributed by atoms with Crippen LogP contribution in [0.25, 0.3) is 0 Å². The van der Waals surface area contributed by atoms with E-state index >= 15 is 0 Å². The van der Waals surface area contributed by atoms with Crippen LogP contribution in [0.5, 0.6) is 17.2 Å². The first-order valence-electron chi connectivity index (χ1n) is 8.17. The lowest BCUT2D eigenvalue weighted by Gasteiger charge is -2.22. The van der Waals surface area contributed by atoms with Crippen LogP contribution < -0.4 is 19.5 Å². The number of benzene rings is 2. The highest BCUT2D eigenvalue weighted by Gasteiger charge is 2.25. The molecule has 5 nitrogen and oxygen atoms in total. The highest BCUT2D eigenvalue weighted by Crippen LogP contribution is 2.34. The number of rotatable bonds is 7. The van der Waals surface area contributed by atoms with Crippen molar-refractivity contribution in [1.82, 2.24) is 0 Å². The number of anilines is 1. The van der Waals surface area contributed by atoms with Crippen LogP contribution in [0, 0.1) is 5.92 Å². The zero-order valence-corrected chi connectivity index (χ0v) is 15.3. The van der Waals surface area contributed by atoms with E-state index in [1.54, 1.807) is 27.4 Å². The van der Waals surface area contributed by atoms with Crippen molar-refractivity contribution in [2.45, 2.75) is 19.8 Å². The van der Waals surface area contributed by atoms with Crippen LogP contribution in [0.3, 0.4) is 0 Å². The van der Waals surface area contributed by atoms with Gasteiger partial charge in [0, 0.05) is 11.8 Å². The van der Waals surface area contributed by atoms with Gasteiger partial charge in [0.1, 0.15) is 5.75 Å². The predicted octanol–water partition coefficient (Wildman–Crippen LogP) is 4.09.